The van der Waals surface area contributed by atoms with Crippen molar-refractivity contribution in [2.24, 2.45) is 5.92 Å². The molecule has 2 unspecified atom stereocenters. The highest BCUT2D eigenvalue weighted by atomic mass is 16.4. The average molecular weight is 309 g/mol. The molecule has 1 N–H and O–H groups in total. The third kappa shape index (κ3) is 2.10. The summed E-state index contributed by atoms with van der Waals surface area (Å²) in [5.74, 6) is 1.90. The molecule has 3 aliphatic rings. The molecular weight excluding hydrogens is 290 g/mol. The number of benzene rings is 1. The molecule has 0 radical (unpaired) electrons. The van der Waals surface area contributed by atoms with E-state index in [9.17, 15) is 4.79 Å². The fourth-order valence-electron chi connectivity index (χ4n) is 4.06. The maximum Gasteiger partial charge on any atom is 0.235 e. The van der Waals surface area contributed by atoms with Crippen molar-refractivity contribution >= 4 is 5.91 Å². The van der Waals surface area contributed by atoms with Gasteiger partial charge in [0, 0.05) is 17.3 Å². The normalized spacial score (nSPS) is 27.9. The molecule has 118 valence electrons. The van der Waals surface area contributed by atoms with Gasteiger partial charge in [-0.3, -0.25) is 4.79 Å². The lowest BCUT2D eigenvalue weighted by Gasteiger charge is -2.11. The van der Waals surface area contributed by atoms with Crippen molar-refractivity contribution in [1.29, 1.82) is 0 Å². The molecule has 0 saturated heterocycles. The molecule has 1 heterocycles. The van der Waals surface area contributed by atoms with E-state index in [1.54, 1.807) is 0 Å². The number of nitrogens with one attached hydrogen (secondary N) is 1. The fourth-order valence-corrected chi connectivity index (χ4v) is 4.06. The third-order valence-corrected chi connectivity index (χ3v) is 5.61. The first kappa shape index (κ1) is 13.3. The van der Waals surface area contributed by atoms with Crippen LogP contribution in [-0.4, -0.2) is 16.1 Å². The number of aryl methyl sites for hydroxylation is 1. The van der Waals surface area contributed by atoms with Crippen LogP contribution < -0.4 is 5.32 Å². The lowest BCUT2D eigenvalue weighted by atomic mass is 9.95. The number of rotatable bonds is 4. The van der Waals surface area contributed by atoms with Crippen LogP contribution in [-0.2, 0) is 23.2 Å². The van der Waals surface area contributed by atoms with Crippen LogP contribution in [0.25, 0.3) is 0 Å². The topological polar surface area (TPSA) is 68.0 Å². The standard InChI is InChI=1S/C18H19N3O2/c22-16(19-10-15-20-21-17(23-15)12-5-6-12)14-9-18(14)8-7-11-3-1-2-4-13(11)18/h1-4,12,14H,5-10H2,(H,19,22). The summed E-state index contributed by atoms with van der Waals surface area (Å²) < 4.78 is 5.59. The molecule has 5 heteroatoms. The number of hydrogen-bond donors (Lipinski definition) is 1. The van der Waals surface area contributed by atoms with Gasteiger partial charge in [0.2, 0.25) is 17.7 Å². The van der Waals surface area contributed by atoms with Gasteiger partial charge in [-0.2, -0.15) is 0 Å². The third-order valence-electron chi connectivity index (χ3n) is 5.61. The lowest BCUT2D eigenvalue weighted by Crippen LogP contribution is -2.27. The summed E-state index contributed by atoms with van der Waals surface area (Å²) in [4.78, 5) is 12.5. The number of aromatic nitrogens is 2. The summed E-state index contributed by atoms with van der Waals surface area (Å²) in [6.07, 6.45) is 5.42. The predicted octanol–water partition coefficient (Wildman–Crippen LogP) is 2.47. The van der Waals surface area contributed by atoms with Crippen molar-refractivity contribution in [3.05, 3.63) is 47.2 Å². The summed E-state index contributed by atoms with van der Waals surface area (Å²) in [6.45, 7) is 0.340. The van der Waals surface area contributed by atoms with Crippen LogP contribution in [0, 0.1) is 5.92 Å². The molecule has 1 amide bonds. The second kappa shape index (κ2) is 4.66. The molecule has 2 atom stereocenters. The minimum Gasteiger partial charge on any atom is -0.423 e. The van der Waals surface area contributed by atoms with Crippen LogP contribution >= 0.6 is 0 Å². The molecular formula is C18H19N3O2. The Hall–Kier alpha value is -2.17. The van der Waals surface area contributed by atoms with Gasteiger partial charge in [0.15, 0.2) is 0 Å². The van der Waals surface area contributed by atoms with Crippen molar-refractivity contribution < 1.29 is 9.21 Å². The SMILES string of the molecule is O=C(NCc1nnc(C2CC2)o1)C1CC12CCc1ccccc12. The Labute approximate surface area is 134 Å². The first-order chi connectivity index (χ1) is 11.3. The summed E-state index contributed by atoms with van der Waals surface area (Å²) in [5.41, 5.74) is 2.89. The van der Waals surface area contributed by atoms with E-state index in [0.717, 1.165) is 38.0 Å². The van der Waals surface area contributed by atoms with Crippen molar-refractivity contribution in [2.45, 2.75) is 50.0 Å². The van der Waals surface area contributed by atoms with Crippen LogP contribution in [0.1, 0.15) is 54.5 Å². The predicted molar refractivity (Wildman–Crippen MR) is 82.7 cm³/mol. The Balaban J connectivity index is 1.24. The maximum absolute atomic E-state index is 12.5. The number of amides is 1. The smallest absolute Gasteiger partial charge is 0.235 e. The highest BCUT2D eigenvalue weighted by Crippen LogP contribution is 2.61. The van der Waals surface area contributed by atoms with Gasteiger partial charge in [-0.25, -0.2) is 0 Å². The summed E-state index contributed by atoms with van der Waals surface area (Å²) in [7, 11) is 0. The number of fused-ring (bicyclic) bond motifs is 2. The molecule has 2 aromatic rings. The van der Waals surface area contributed by atoms with Crippen LogP contribution in [0.4, 0.5) is 0 Å². The summed E-state index contributed by atoms with van der Waals surface area (Å²) in [6, 6.07) is 8.55. The monoisotopic (exact) mass is 309 g/mol. The Morgan fingerprint density at radius 2 is 2.17 bits per heavy atom. The van der Waals surface area contributed by atoms with E-state index < -0.39 is 0 Å². The molecule has 5 rings (SSSR count). The van der Waals surface area contributed by atoms with Crippen LogP contribution in [0.15, 0.2) is 28.7 Å². The van der Waals surface area contributed by atoms with Gasteiger partial charge in [-0.15, -0.1) is 10.2 Å². The number of hydrogen-bond acceptors (Lipinski definition) is 4. The van der Waals surface area contributed by atoms with Gasteiger partial charge in [-0.05, 0) is 43.2 Å². The number of carbonyl (C=O) groups is 1. The zero-order valence-corrected chi connectivity index (χ0v) is 12.9. The molecule has 0 bridgehead atoms. The molecule has 3 aliphatic carbocycles. The van der Waals surface area contributed by atoms with Gasteiger partial charge in [0.05, 0.1) is 6.54 Å². The molecule has 1 aromatic carbocycles. The van der Waals surface area contributed by atoms with E-state index in [4.69, 9.17) is 4.42 Å². The van der Waals surface area contributed by atoms with Gasteiger partial charge in [-0.1, -0.05) is 24.3 Å². The Morgan fingerprint density at radius 3 is 3.04 bits per heavy atom. The zero-order valence-electron chi connectivity index (χ0n) is 12.9. The second-order valence-corrected chi connectivity index (χ2v) is 7.10. The maximum atomic E-state index is 12.5. The van der Waals surface area contributed by atoms with Crippen molar-refractivity contribution in [3.8, 4) is 0 Å². The highest BCUT2D eigenvalue weighted by Gasteiger charge is 2.61. The average Bonchev–Trinajstić information content (AvgIpc) is 3.46. The van der Waals surface area contributed by atoms with E-state index in [-0.39, 0.29) is 17.2 Å². The largest absolute Gasteiger partial charge is 0.423 e. The van der Waals surface area contributed by atoms with Crippen molar-refractivity contribution in [2.75, 3.05) is 0 Å². The van der Waals surface area contributed by atoms with E-state index in [1.807, 2.05) is 0 Å². The minimum absolute atomic E-state index is 0.0920. The number of carbonyl (C=O) groups excluding carboxylic acids is 1. The lowest BCUT2D eigenvalue weighted by molar-refractivity contribution is -0.123. The first-order valence-electron chi connectivity index (χ1n) is 8.45. The first-order valence-corrected chi connectivity index (χ1v) is 8.45. The molecule has 0 aliphatic heterocycles. The van der Waals surface area contributed by atoms with Crippen LogP contribution in [0.3, 0.4) is 0 Å². The Bertz CT molecular complexity index is 780. The van der Waals surface area contributed by atoms with Gasteiger partial charge < -0.3 is 9.73 Å². The van der Waals surface area contributed by atoms with Gasteiger partial charge >= 0.3 is 0 Å². The molecule has 2 fully saturated rings. The van der Waals surface area contributed by atoms with Crippen molar-refractivity contribution in [3.63, 3.8) is 0 Å². The van der Waals surface area contributed by atoms with Gasteiger partial charge in [0.25, 0.3) is 0 Å². The van der Waals surface area contributed by atoms with Crippen LogP contribution in [0.5, 0.6) is 0 Å². The minimum atomic E-state index is 0.0920. The highest BCUT2D eigenvalue weighted by molar-refractivity contribution is 5.84. The number of nitrogens with zero attached hydrogens (tertiary/aromatic N) is 2. The fraction of sp³-hybridized carbons (Fsp3) is 0.500. The molecule has 5 nitrogen and oxygen atoms in total. The summed E-state index contributed by atoms with van der Waals surface area (Å²) >= 11 is 0. The molecule has 23 heavy (non-hydrogen) atoms. The molecule has 1 aromatic heterocycles. The zero-order chi connectivity index (χ0) is 15.4. The second-order valence-electron chi connectivity index (χ2n) is 7.10. The van der Waals surface area contributed by atoms with E-state index in [2.05, 4.69) is 39.8 Å². The van der Waals surface area contributed by atoms with Crippen LogP contribution in [0.2, 0.25) is 0 Å². The van der Waals surface area contributed by atoms with Crippen molar-refractivity contribution in [1.82, 2.24) is 15.5 Å². The van der Waals surface area contributed by atoms with E-state index in [0.29, 0.717) is 18.4 Å². The molecule has 1 spiro atoms. The van der Waals surface area contributed by atoms with Gasteiger partial charge in [0.1, 0.15) is 0 Å². The van der Waals surface area contributed by atoms with E-state index in [1.165, 1.54) is 11.1 Å². The Morgan fingerprint density at radius 1 is 1.30 bits per heavy atom. The summed E-state index contributed by atoms with van der Waals surface area (Å²) in [5, 5.41) is 11.1. The Kier molecular flexibility index (Phi) is 2.69. The van der Waals surface area contributed by atoms with E-state index >= 15 is 0 Å². The molecule has 2 saturated carbocycles. The quantitative estimate of drug-likeness (QED) is 0.942.